The normalized spacial score (nSPS) is 10.1. The molecule has 0 fully saturated rings. The van der Waals surface area contributed by atoms with Crippen LogP contribution in [0.1, 0.15) is 20.8 Å². The molecule has 0 spiro atoms. The molecule has 0 atom stereocenters. The quantitative estimate of drug-likeness (QED) is 0.212. The average molecular weight is 392 g/mol. The Hall–Kier alpha value is -3.33. The molecule has 2 aromatic carbocycles. The lowest BCUT2D eigenvalue weighted by atomic mass is 10.2. The van der Waals surface area contributed by atoms with Crippen LogP contribution in [-0.4, -0.2) is 19.1 Å². The second kappa shape index (κ2) is 16.8. The lowest BCUT2D eigenvalue weighted by Crippen LogP contribution is -2.16. The van der Waals surface area contributed by atoms with Crippen LogP contribution in [0.4, 0.5) is 11.4 Å². The molecule has 0 aliphatic carbocycles. The van der Waals surface area contributed by atoms with Gasteiger partial charge in [-0.15, -0.1) is 13.2 Å². The van der Waals surface area contributed by atoms with Gasteiger partial charge in [-0.1, -0.05) is 75.1 Å². The maximum absolute atomic E-state index is 11.2. The maximum Gasteiger partial charge on any atom is 0.330 e. The highest BCUT2D eigenvalue weighted by molar-refractivity contribution is 5.81. The van der Waals surface area contributed by atoms with Crippen molar-refractivity contribution in [3.8, 4) is 0 Å². The Morgan fingerprint density at radius 1 is 0.966 bits per heavy atom. The third-order valence-electron chi connectivity index (χ3n) is 3.67. The zero-order valence-corrected chi connectivity index (χ0v) is 17.9. The maximum atomic E-state index is 11.2. The van der Waals surface area contributed by atoms with E-state index in [1.54, 1.807) is 0 Å². The number of anilines is 2. The molecule has 0 radical (unpaired) electrons. The summed E-state index contributed by atoms with van der Waals surface area (Å²) < 4.78 is 5.08. The lowest BCUT2D eigenvalue weighted by molar-refractivity contribution is -0.136. The average Bonchev–Trinajstić information content (AvgIpc) is 2.82. The first-order chi connectivity index (χ1) is 14.2. The van der Waals surface area contributed by atoms with Gasteiger partial charge in [-0.2, -0.15) is 0 Å². The number of nitrogens with zero attached hydrogens (tertiary/aromatic N) is 1. The summed E-state index contributed by atoms with van der Waals surface area (Å²) in [6.07, 6.45) is 7.15. The monoisotopic (exact) mass is 391 g/mol. The molecular formula is C26H33NO2. The van der Waals surface area contributed by atoms with E-state index in [9.17, 15) is 4.79 Å². The summed E-state index contributed by atoms with van der Waals surface area (Å²) in [5.74, 6) is -0.414. The fraction of sp³-hybridized carbons (Fsp3) is 0.192. The van der Waals surface area contributed by atoms with E-state index in [-0.39, 0.29) is 6.61 Å². The van der Waals surface area contributed by atoms with Crippen LogP contribution in [-0.2, 0) is 9.53 Å². The summed E-state index contributed by atoms with van der Waals surface area (Å²) in [4.78, 5) is 13.4. The number of esters is 1. The highest BCUT2D eigenvalue weighted by atomic mass is 16.5. The molecule has 0 N–H and O–H groups in total. The van der Waals surface area contributed by atoms with E-state index in [1.807, 2.05) is 69.3 Å². The van der Waals surface area contributed by atoms with E-state index in [2.05, 4.69) is 55.0 Å². The van der Waals surface area contributed by atoms with E-state index >= 15 is 0 Å². The minimum atomic E-state index is -0.414. The van der Waals surface area contributed by atoms with E-state index in [1.165, 1.54) is 6.08 Å². The first-order valence-corrected chi connectivity index (χ1v) is 9.73. The van der Waals surface area contributed by atoms with Crippen molar-refractivity contribution >= 4 is 17.3 Å². The summed E-state index contributed by atoms with van der Waals surface area (Å²) in [5, 5.41) is 0. The van der Waals surface area contributed by atoms with Gasteiger partial charge in [-0.05, 0) is 36.8 Å². The SMILES string of the molecule is C=C.C=CC(=O)OCC(/C=C\CN(c1ccccc1)c1ccccc1)=C/C.CC. The van der Waals surface area contributed by atoms with Crippen LogP contribution in [0.3, 0.4) is 0 Å². The lowest BCUT2D eigenvalue weighted by Gasteiger charge is -2.23. The fourth-order valence-electron chi connectivity index (χ4n) is 2.33. The van der Waals surface area contributed by atoms with E-state index in [0.717, 1.165) is 16.9 Å². The minimum Gasteiger partial charge on any atom is -0.458 e. The van der Waals surface area contributed by atoms with Gasteiger partial charge in [-0.3, -0.25) is 0 Å². The van der Waals surface area contributed by atoms with Crippen molar-refractivity contribution in [3.05, 3.63) is 110 Å². The molecule has 2 aromatic rings. The van der Waals surface area contributed by atoms with Gasteiger partial charge in [0.2, 0.25) is 0 Å². The molecule has 154 valence electrons. The van der Waals surface area contributed by atoms with Crippen LogP contribution in [0.2, 0.25) is 0 Å². The Kier molecular flexibility index (Phi) is 14.9. The number of ether oxygens (including phenoxy) is 1. The van der Waals surface area contributed by atoms with E-state index < -0.39 is 5.97 Å². The predicted octanol–water partition coefficient (Wildman–Crippen LogP) is 6.88. The molecular weight excluding hydrogens is 358 g/mol. The predicted molar refractivity (Wildman–Crippen MR) is 127 cm³/mol. The van der Waals surface area contributed by atoms with Gasteiger partial charge in [0.05, 0.1) is 0 Å². The third kappa shape index (κ3) is 9.96. The number of carbonyl (C=O) groups excluding carboxylic acids is 1. The molecule has 3 nitrogen and oxygen atoms in total. The van der Waals surface area contributed by atoms with Crippen LogP contribution in [0.25, 0.3) is 0 Å². The van der Waals surface area contributed by atoms with Gasteiger partial charge in [0.1, 0.15) is 6.61 Å². The summed E-state index contributed by atoms with van der Waals surface area (Å²) in [7, 11) is 0. The van der Waals surface area contributed by atoms with Crippen molar-refractivity contribution < 1.29 is 9.53 Å². The molecule has 2 rings (SSSR count). The largest absolute Gasteiger partial charge is 0.458 e. The summed E-state index contributed by atoms with van der Waals surface area (Å²) in [6, 6.07) is 20.5. The van der Waals surface area contributed by atoms with Gasteiger partial charge in [0, 0.05) is 24.0 Å². The molecule has 29 heavy (non-hydrogen) atoms. The molecule has 0 bridgehead atoms. The smallest absolute Gasteiger partial charge is 0.330 e. The zero-order chi connectivity index (χ0) is 21.9. The molecule has 0 aliphatic rings. The van der Waals surface area contributed by atoms with Crippen LogP contribution in [0.15, 0.2) is 110 Å². The highest BCUT2D eigenvalue weighted by Crippen LogP contribution is 2.24. The molecule has 0 heterocycles. The fourth-order valence-corrected chi connectivity index (χ4v) is 2.33. The standard InChI is InChI=1S/C22H23NO2.C2H6.C2H4/c1-3-19(18-25-22(24)4-2)12-11-17-23(20-13-7-5-8-14-20)21-15-9-6-10-16-21;2*1-2/h3-16H,2,17-18H2,1H3;1-2H3;1-2H2/b12-11-,19-3+;;. The summed E-state index contributed by atoms with van der Waals surface area (Å²) >= 11 is 0. The van der Waals surface area contributed by atoms with Gasteiger partial charge >= 0.3 is 5.97 Å². The Balaban J connectivity index is 0.00000184. The topological polar surface area (TPSA) is 29.5 Å². The van der Waals surface area contributed by atoms with Crippen LogP contribution in [0.5, 0.6) is 0 Å². The van der Waals surface area contributed by atoms with Gasteiger partial charge in [0.25, 0.3) is 0 Å². The number of benzene rings is 2. The second-order valence-electron chi connectivity index (χ2n) is 5.36. The summed E-state index contributed by atoms with van der Waals surface area (Å²) in [5.41, 5.74) is 3.19. The number of allylic oxidation sites excluding steroid dienone is 1. The van der Waals surface area contributed by atoms with Crippen LogP contribution >= 0.6 is 0 Å². The number of para-hydroxylation sites is 2. The van der Waals surface area contributed by atoms with Crippen LogP contribution < -0.4 is 4.90 Å². The Morgan fingerprint density at radius 3 is 1.86 bits per heavy atom. The van der Waals surface area contributed by atoms with Crippen molar-refractivity contribution in [2.24, 2.45) is 0 Å². The Labute approximate surface area is 176 Å². The summed E-state index contributed by atoms with van der Waals surface area (Å²) in [6.45, 7) is 16.3. The van der Waals surface area contributed by atoms with Gasteiger partial charge < -0.3 is 9.64 Å². The van der Waals surface area contributed by atoms with E-state index in [0.29, 0.717) is 6.54 Å². The van der Waals surface area contributed by atoms with Crippen molar-refractivity contribution in [2.75, 3.05) is 18.1 Å². The van der Waals surface area contributed by atoms with Crippen molar-refractivity contribution in [2.45, 2.75) is 20.8 Å². The highest BCUT2D eigenvalue weighted by Gasteiger charge is 2.06. The number of hydrogen-bond acceptors (Lipinski definition) is 3. The zero-order valence-electron chi connectivity index (χ0n) is 17.9. The Bertz CT molecular complexity index is 709. The molecule has 0 saturated carbocycles. The number of carbonyl (C=O) groups is 1. The second-order valence-corrected chi connectivity index (χ2v) is 5.36. The van der Waals surface area contributed by atoms with Gasteiger partial charge in [-0.25, -0.2) is 4.79 Å². The number of rotatable bonds is 8. The first kappa shape index (κ1) is 25.7. The van der Waals surface area contributed by atoms with Crippen molar-refractivity contribution in [1.29, 1.82) is 0 Å². The van der Waals surface area contributed by atoms with Crippen molar-refractivity contribution in [1.82, 2.24) is 0 Å². The molecule has 0 aromatic heterocycles. The first-order valence-electron chi connectivity index (χ1n) is 9.73. The number of hydrogen-bond donors (Lipinski definition) is 0. The molecule has 0 saturated heterocycles. The third-order valence-corrected chi connectivity index (χ3v) is 3.67. The molecule has 3 heteroatoms. The molecule has 0 amide bonds. The van der Waals surface area contributed by atoms with Crippen LogP contribution in [0, 0.1) is 0 Å². The van der Waals surface area contributed by atoms with Gasteiger partial charge in [0.15, 0.2) is 0 Å². The minimum absolute atomic E-state index is 0.245. The van der Waals surface area contributed by atoms with E-state index in [4.69, 9.17) is 4.74 Å². The molecule has 0 aliphatic heterocycles. The Morgan fingerprint density at radius 2 is 1.45 bits per heavy atom. The van der Waals surface area contributed by atoms with Crippen molar-refractivity contribution in [3.63, 3.8) is 0 Å². The molecule has 0 unspecified atom stereocenters.